The van der Waals surface area contributed by atoms with E-state index in [2.05, 4.69) is 10.6 Å². The smallest absolute Gasteiger partial charge is 0.312 e. The van der Waals surface area contributed by atoms with Gasteiger partial charge in [0, 0.05) is 19.6 Å². The third-order valence-corrected chi connectivity index (χ3v) is 2.78. The zero-order valence-electron chi connectivity index (χ0n) is 10.8. The number of carboxylic acid groups (broad SMARTS) is 1. The topological polar surface area (TPSA) is 104 Å². The third-order valence-electron chi connectivity index (χ3n) is 2.78. The van der Waals surface area contributed by atoms with Gasteiger partial charge in [-0.3, -0.25) is 4.79 Å². The van der Waals surface area contributed by atoms with Crippen molar-refractivity contribution in [3.05, 3.63) is 35.4 Å². The molecule has 0 saturated heterocycles. The average molecular weight is 265 g/mol. The second kappa shape index (κ2) is 7.38. The fraction of sp³-hybridized carbons (Fsp3) is 0.385. The summed E-state index contributed by atoms with van der Waals surface area (Å²) in [6.45, 7) is 3.41. The molecule has 2 amide bonds. The Morgan fingerprint density at radius 2 is 1.89 bits per heavy atom. The maximum absolute atomic E-state index is 10.8. The number of rotatable bonds is 7. The molecular weight excluding hydrogens is 246 g/mol. The Morgan fingerprint density at radius 3 is 2.42 bits per heavy atom. The normalized spacial score (nSPS) is 11.8. The number of carboxylic acids is 1. The summed E-state index contributed by atoms with van der Waals surface area (Å²) in [5.41, 5.74) is 6.77. The van der Waals surface area contributed by atoms with Crippen LogP contribution in [0.2, 0.25) is 0 Å². The molecule has 104 valence electrons. The van der Waals surface area contributed by atoms with Crippen LogP contribution in [0.25, 0.3) is 0 Å². The summed E-state index contributed by atoms with van der Waals surface area (Å²) in [6.07, 6.45) is 0. The largest absolute Gasteiger partial charge is 0.481 e. The molecule has 0 heterocycles. The summed E-state index contributed by atoms with van der Waals surface area (Å²) in [5, 5.41) is 14.5. The highest BCUT2D eigenvalue weighted by Gasteiger charge is 2.12. The first-order chi connectivity index (χ1) is 9.00. The summed E-state index contributed by atoms with van der Waals surface area (Å²) in [6, 6.07) is 6.88. The first kappa shape index (κ1) is 15.0. The molecule has 5 N–H and O–H groups in total. The van der Waals surface area contributed by atoms with Gasteiger partial charge in [-0.05, 0) is 18.1 Å². The zero-order chi connectivity index (χ0) is 14.3. The van der Waals surface area contributed by atoms with Gasteiger partial charge in [0.15, 0.2) is 0 Å². The summed E-state index contributed by atoms with van der Waals surface area (Å²) in [4.78, 5) is 21.3. The van der Waals surface area contributed by atoms with Crippen LogP contribution in [0.3, 0.4) is 0 Å². The van der Waals surface area contributed by atoms with E-state index in [4.69, 9.17) is 10.8 Å². The lowest BCUT2D eigenvalue weighted by Gasteiger charge is -2.09. The number of benzene rings is 1. The monoisotopic (exact) mass is 265 g/mol. The Bertz CT molecular complexity index is 431. The summed E-state index contributed by atoms with van der Waals surface area (Å²) in [7, 11) is 0. The molecule has 0 bridgehead atoms. The third kappa shape index (κ3) is 5.39. The molecule has 1 aromatic carbocycles. The number of carbonyl (C=O) groups is 2. The van der Waals surface area contributed by atoms with Gasteiger partial charge in [-0.2, -0.15) is 0 Å². The molecule has 0 fully saturated rings. The Hall–Kier alpha value is -2.08. The second-order valence-corrected chi connectivity index (χ2v) is 4.27. The highest BCUT2D eigenvalue weighted by atomic mass is 16.4. The molecule has 0 aliphatic rings. The minimum atomic E-state index is -0.830. The Labute approximate surface area is 112 Å². The van der Waals surface area contributed by atoms with Crippen molar-refractivity contribution in [3.63, 3.8) is 0 Å². The van der Waals surface area contributed by atoms with Crippen molar-refractivity contribution < 1.29 is 14.7 Å². The van der Waals surface area contributed by atoms with Crippen LogP contribution in [0.4, 0.5) is 4.79 Å². The number of hydrogen-bond donors (Lipinski definition) is 4. The van der Waals surface area contributed by atoms with Gasteiger partial charge in [0.25, 0.3) is 0 Å². The van der Waals surface area contributed by atoms with Gasteiger partial charge in [0.05, 0.1) is 5.92 Å². The van der Waals surface area contributed by atoms with Crippen molar-refractivity contribution in [2.24, 2.45) is 5.73 Å². The molecule has 0 aromatic heterocycles. The Kier molecular flexibility index (Phi) is 5.81. The van der Waals surface area contributed by atoms with Gasteiger partial charge in [-0.25, -0.2) is 4.79 Å². The molecule has 0 saturated carbocycles. The number of nitrogens with two attached hydrogens (primary N) is 1. The van der Waals surface area contributed by atoms with E-state index < -0.39 is 17.9 Å². The van der Waals surface area contributed by atoms with Gasteiger partial charge in [-0.1, -0.05) is 24.3 Å². The van der Waals surface area contributed by atoms with Gasteiger partial charge < -0.3 is 21.5 Å². The molecule has 6 heteroatoms. The first-order valence-electron chi connectivity index (χ1n) is 6.06. The second-order valence-electron chi connectivity index (χ2n) is 4.27. The quantitative estimate of drug-likeness (QED) is 0.543. The molecule has 1 atom stereocenters. The minimum absolute atomic E-state index is 0.476. The number of amides is 2. The summed E-state index contributed by atoms with van der Waals surface area (Å²) < 4.78 is 0. The van der Waals surface area contributed by atoms with E-state index in [1.54, 1.807) is 6.92 Å². The van der Waals surface area contributed by atoms with E-state index in [1.165, 1.54) is 0 Å². The maximum Gasteiger partial charge on any atom is 0.312 e. The number of carbonyl (C=O) groups excluding carboxylic acids is 1. The fourth-order valence-electron chi connectivity index (χ4n) is 1.57. The maximum atomic E-state index is 10.8. The van der Waals surface area contributed by atoms with Crippen molar-refractivity contribution in [1.82, 2.24) is 10.6 Å². The number of nitrogens with one attached hydrogen (secondary N) is 2. The van der Waals surface area contributed by atoms with Crippen molar-refractivity contribution in [2.45, 2.75) is 19.4 Å². The predicted molar refractivity (Wildman–Crippen MR) is 71.8 cm³/mol. The molecule has 1 aromatic rings. The zero-order valence-corrected chi connectivity index (χ0v) is 10.8. The molecular formula is C13H19N3O3. The SMILES string of the molecule is CC(C(=O)O)c1ccc(CNCCNC(N)=O)cc1. The van der Waals surface area contributed by atoms with Gasteiger partial charge >= 0.3 is 12.0 Å². The van der Waals surface area contributed by atoms with E-state index in [9.17, 15) is 9.59 Å². The van der Waals surface area contributed by atoms with E-state index in [0.29, 0.717) is 19.6 Å². The molecule has 1 rings (SSSR count). The van der Waals surface area contributed by atoms with E-state index in [0.717, 1.165) is 11.1 Å². The molecule has 0 radical (unpaired) electrons. The fourth-order valence-corrected chi connectivity index (χ4v) is 1.57. The van der Waals surface area contributed by atoms with Gasteiger partial charge in [0.1, 0.15) is 0 Å². The van der Waals surface area contributed by atoms with Crippen LogP contribution in [0.5, 0.6) is 0 Å². The number of urea groups is 1. The lowest BCUT2D eigenvalue weighted by Crippen LogP contribution is -2.35. The van der Waals surface area contributed by atoms with E-state index >= 15 is 0 Å². The minimum Gasteiger partial charge on any atom is -0.481 e. The van der Waals surface area contributed by atoms with Crippen LogP contribution in [-0.2, 0) is 11.3 Å². The number of hydrogen-bond acceptors (Lipinski definition) is 3. The average Bonchev–Trinajstić information content (AvgIpc) is 2.37. The molecule has 0 aliphatic heterocycles. The summed E-state index contributed by atoms with van der Waals surface area (Å²) >= 11 is 0. The molecule has 1 unspecified atom stereocenters. The highest BCUT2D eigenvalue weighted by Crippen LogP contribution is 2.15. The van der Waals surface area contributed by atoms with Crippen LogP contribution < -0.4 is 16.4 Å². The predicted octanol–water partition coefficient (Wildman–Crippen LogP) is 0.633. The van der Waals surface area contributed by atoms with Crippen LogP contribution in [0, 0.1) is 0 Å². The van der Waals surface area contributed by atoms with Crippen LogP contribution in [-0.4, -0.2) is 30.2 Å². The van der Waals surface area contributed by atoms with Crippen molar-refractivity contribution in [1.29, 1.82) is 0 Å². The highest BCUT2D eigenvalue weighted by molar-refractivity contribution is 5.75. The number of aliphatic carboxylic acids is 1. The molecule has 6 nitrogen and oxygen atoms in total. The molecule has 0 spiro atoms. The Balaban J connectivity index is 2.36. The van der Waals surface area contributed by atoms with Gasteiger partial charge in [0.2, 0.25) is 0 Å². The number of primary amides is 1. The standard InChI is InChI=1S/C13H19N3O3/c1-9(12(17)18)11-4-2-10(3-5-11)8-15-6-7-16-13(14)19/h2-5,9,15H,6-8H2,1H3,(H,17,18)(H3,14,16,19). The van der Waals surface area contributed by atoms with Crippen LogP contribution in [0.15, 0.2) is 24.3 Å². The molecule has 19 heavy (non-hydrogen) atoms. The Morgan fingerprint density at radius 1 is 1.26 bits per heavy atom. The van der Waals surface area contributed by atoms with Crippen molar-refractivity contribution in [3.8, 4) is 0 Å². The van der Waals surface area contributed by atoms with Crippen molar-refractivity contribution in [2.75, 3.05) is 13.1 Å². The first-order valence-corrected chi connectivity index (χ1v) is 6.06. The lowest BCUT2D eigenvalue weighted by molar-refractivity contribution is -0.138. The lowest BCUT2D eigenvalue weighted by atomic mass is 10.0. The van der Waals surface area contributed by atoms with E-state index in [1.807, 2.05) is 24.3 Å². The van der Waals surface area contributed by atoms with Crippen molar-refractivity contribution >= 4 is 12.0 Å². The van der Waals surface area contributed by atoms with E-state index in [-0.39, 0.29) is 0 Å². The van der Waals surface area contributed by atoms with Gasteiger partial charge in [-0.15, -0.1) is 0 Å². The molecule has 0 aliphatic carbocycles. The summed E-state index contributed by atoms with van der Waals surface area (Å²) in [5.74, 6) is -1.33. The van der Waals surface area contributed by atoms with Crippen LogP contribution in [0.1, 0.15) is 24.0 Å². The van der Waals surface area contributed by atoms with Crippen LogP contribution >= 0.6 is 0 Å².